The Morgan fingerprint density at radius 3 is 2.42 bits per heavy atom. The Balaban J connectivity index is 1.49. The van der Waals surface area contributed by atoms with Crippen molar-refractivity contribution < 1.29 is 13.6 Å². The van der Waals surface area contributed by atoms with Crippen LogP contribution >= 0.6 is 11.6 Å². The highest BCUT2D eigenvalue weighted by atomic mass is 35.5. The van der Waals surface area contributed by atoms with Crippen LogP contribution in [-0.4, -0.2) is 25.3 Å². The molecule has 5 nitrogen and oxygen atoms in total. The van der Waals surface area contributed by atoms with Crippen LogP contribution in [0.25, 0.3) is 22.2 Å². The van der Waals surface area contributed by atoms with Crippen LogP contribution in [0.5, 0.6) is 0 Å². The Bertz CT molecular complexity index is 1610. The molecular formula is C30H25ClF2N4O. The summed E-state index contributed by atoms with van der Waals surface area (Å²) < 4.78 is 29.9. The minimum absolute atomic E-state index is 0.0509. The van der Waals surface area contributed by atoms with Crippen LogP contribution in [0.2, 0.25) is 5.02 Å². The zero-order valence-corrected chi connectivity index (χ0v) is 21.7. The lowest BCUT2D eigenvalue weighted by Crippen LogP contribution is -2.17. The van der Waals surface area contributed by atoms with Crippen molar-refractivity contribution in [3.8, 4) is 11.1 Å². The van der Waals surface area contributed by atoms with E-state index in [-0.39, 0.29) is 25.2 Å². The molecule has 5 aromatic rings. The summed E-state index contributed by atoms with van der Waals surface area (Å²) in [6.07, 6.45) is 5.11. The first kappa shape index (κ1) is 25.7. The molecule has 38 heavy (non-hydrogen) atoms. The molecule has 0 fully saturated rings. The number of fused-ring (bicyclic) bond motifs is 1. The average molecular weight is 531 g/mol. The van der Waals surface area contributed by atoms with Crippen molar-refractivity contribution in [3.63, 3.8) is 0 Å². The molecule has 3 aromatic carbocycles. The molecule has 5 rings (SSSR count). The van der Waals surface area contributed by atoms with Crippen LogP contribution in [-0.2, 0) is 17.8 Å². The molecule has 1 atom stereocenters. The maximum absolute atomic E-state index is 14.0. The van der Waals surface area contributed by atoms with Crippen molar-refractivity contribution in [1.29, 1.82) is 0 Å². The molecule has 0 aliphatic rings. The van der Waals surface area contributed by atoms with Gasteiger partial charge in [-0.15, -0.1) is 0 Å². The van der Waals surface area contributed by atoms with Gasteiger partial charge in [-0.2, -0.15) is 0 Å². The first-order valence-electron chi connectivity index (χ1n) is 12.2. The second-order valence-electron chi connectivity index (χ2n) is 9.55. The number of hydrogen-bond acceptors (Lipinski definition) is 4. The fourth-order valence-electron chi connectivity index (χ4n) is 4.76. The molecule has 0 aliphatic carbocycles. The van der Waals surface area contributed by atoms with E-state index in [4.69, 9.17) is 11.6 Å². The number of aryl methyl sites for hydroxylation is 2. The number of carbonyl (C=O) groups excluding carboxylic acids is 1. The Morgan fingerprint density at radius 1 is 0.974 bits per heavy atom. The zero-order chi connectivity index (χ0) is 26.8. The summed E-state index contributed by atoms with van der Waals surface area (Å²) in [5, 5.41) is 0.590. The predicted molar refractivity (Wildman–Crippen MR) is 144 cm³/mol. The fourth-order valence-corrected chi connectivity index (χ4v) is 4.89. The van der Waals surface area contributed by atoms with Gasteiger partial charge in [-0.25, -0.2) is 23.7 Å². The molecule has 0 aliphatic heterocycles. The van der Waals surface area contributed by atoms with Crippen LogP contribution in [0.4, 0.5) is 8.78 Å². The molecule has 0 saturated heterocycles. The molecule has 192 valence electrons. The molecule has 0 bridgehead atoms. The van der Waals surface area contributed by atoms with Gasteiger partial charge in [0.2, 0.25) is 0 Å². The third kappa shape index (κ3) is 5.63. The second kappa shape index (κ2) is 10.8. The molecule has 0 unspecified atom stereocenters. The summed E-state index contributed by atoms with van der Waals surface area (Å²) in [5.41, 5.74) is 6.60. The first-order chi connectivity index (χ1) is 18.3. The number of benzene rings is 3. The molecule has 0 saturated carbocycles. The van der Waals surface area contributed by atoms with Gasteiger partial charge in [0, 0.05) is 35.2 Å². The van der Waals surface area contributed by atoms with E-state index in [1.807, 2.05) is 42.7 Å². The summed E-state index contributed by atoms with van der Waals surface area (Å²) in [7, 11) is 0. The van der Waals surface area contributed by atoms with Gasteiger partial charge in [-0.05, 0) is 78.9 Å². The molecule has 2 aromatic heterocycles. The highest BCUT2D eigenvalue weighted by Gasteiger charge is 2.23. The number of imidazole rings is 1. The Hall–Kier alpha value is -3.97. The van der Waals surface area contributed by atoms with E-state index in [0.717, 1.165) is 39.4 Å². The van der Waals surface area contributed by atoms with Crippen LogP contribution in [0.3, 0.4) is 0 Å². The van der Waals surface area contributed by atoms with E-state index < -0.39 is 17.6 Å². The lowest BCUT2D eigenvalue weighted by Gasteiger charge is -2.20. The lowest BCUT2D eigenvalue weighted by molar-refractivity contribution is -0.120. The number of carbonyl (C=O) groups is 1. The maximum Gasteiger partial charge on any atom is 0.153 e. The molecule has 0 N–H and O–H groups in total. The van der Waals surface area contributed by atoms with Crippen molar-refractivity contribution in [2.75, 3.05) is 0 Å². The normalized spacial score (nSPS) is 12.1. The summed E-state index contributed by atoms with van der Waals surface area (Å²) >= 11 is 6.08. The van der Waals surface area contributed by atoms with E-state index >= 15 is 0 Å². The number of rotatable bonds is 8. The molecular weight excluding hydrogens is 506 g/mol. The van der Waals surface area contributed by atoms with Gasteiger partial charge < -0.3 is 4.57 Å². The minimum atomic E-state index is -0.666. The fraction of sp³-hybridized carbons (Fsp3) is 0.200. The number of Topliss-reactive ketones (excluding diaryl/α,β-unsaturated/α-hetero) is 1. The van der Waals surface area contributed by atoms with E-state index in [9.17, 15) is 13.6 Å². The number of hydrogen-bond donors (Lipinski definition) is 0. The molecule has 8 heteroatoms. The molecule has 0 spiro atoms. The number of ketones is 1. The van der Waals surface area contributed by atoms with Crippen molar-refractivity contribution in [2.45, 2.75) is 39.2 Å². The van der Waals surface area contributed by atoms with Gasteiger partial charge in [-0.1, -0.05) is 23.7 Å². The smallest absolute Gasteiger partial charge is 0.153 e. The van der Waals surface area contributed by atoms with Gasteiger partial charge in [0.05, 0.1) is 29.6 Å². The zero-order valence-electron chi connectivity index (χ0n) is 21.0. The third-order valence-corrected chi connectivity index (χ3v) is 7.00. The van der Waals surface area contributed by atoms with Crippen LogP contribution in [0, 0.1) is 25.5 Å². The van der Waals surface area contributed by atoms with Gasteiger partial charge in [0.1, 0.15) is 18.0 Å². The number of nitrogens with zero attached hydrogens (tertiary/aromatic N) is 4. The van der Waals surface area contributed by atoms with Crippen LogP contribution in [0.15, 0.2) is 73.4 Å². The summed E-state index contributed by atoms with van der Waals surface area (Å²) in [6.45, 7) is 4.17. The summed E-state index contributed by atoms with van der Waals surface area (Å²) in [4.78, 5) is 26.6. The topological polar surface area (TPSA) is 60.7 Å². The number of halogens is 3. The van der Waals surface area contributed by atoms with Crippen LogP contribution in [0.1, 0.15) is 34.7 Å². The molecule has 2 heterocycles. The standard InChI is InChI=1S/C30H25ClF2N4O/c1-18-7-28-29(8-19(18)2)37(17-36-28)15-26(38)12-22(9-20-10-24(32)13-25(33)11-20)30-27(14-34-16-35-30)21-3-5-23(31)6-4-21/h3-8,10-11,13-14,16-17,22H,9,12,15H2,1-2H3/t22-/m1/s1. The lowest BCUT2D eigenvalue weighted by atomic mass is 9.87. The van der Waals surface area contributed by atoms with Gasteiger partial charge in [0.15, 0.2) is 5.78 Å². The van der Waals surface area contributed by atoms with Crippen LogP contribution < -0.4 is 0 Å². The van der Waals surface area contributed by atoms with E-state index in [0.29, 0.717) is 16.3 Å². The highest BCUT2D eigenvalue weighted by Crippen LogP contribution is 2.33. The third-order valence-electron chi connectivity index (χ3n) is 6.75. The highest BCUT2D eigenvalue weighted by molar-refractivity contribution is 6.30. The van der Waals surface area contributed by atoms with Crippen molar-refractivity contribution in [2.24, 2.45) is 0 Å². The maximum atomic E-state index is 14.0. The van der Waals surface area contributed by atoms with Crippen molar-refractivity contribution in [1.82, 2.24) is 19.5 Å². The largest absolute Gasteiger partial charge is 0.323 e. The molecule has 0 amide bonds. The van der Waals surface area contributed by atoms with Crippen molar-refractivity contribution >= 4 is 28.4 Å². The Morgan fingerprint density at radius 2 is 1.68 bits per heavy atom. The Kier molecular flexibility index (Phi) is 7.29. The average Bonchev–Trinajstić information content (AvgIpc) is 3.24. The minimum Gasteiger partial charge on any atom is -0.323 e. The Labute approximate surface area is 224 Å². The van der Waals surface area contributed by atoms with Gasteiger partial charge >= 0.3 is 0 Å². The van der Waals surface area contributed by atoms with Gasteiger partial charge in [0.25, 0.3) is 0 Å². The second-order valence-corrected chi connectivity index (χ2v) is 9.98. The summed E-state index contributed by atoms with van der Waals surface area (Å²) in [5.74, 6) is -1.83. The van der Waals surface area contributed by atoms with Crippen molar-refractivity contribution in [3.05, 3.63) is 112 Å². The first-order valence-corrected chi connectivity index (χ1v) is 12.6. The quantitative estimate of drug-likeness (QED) is 0.216. The summed E-state index contributed by atoms with van der Waals surface area (Å²) in [6, 6.07) is 14.7. The molecule has 0 radical (unpaired) electrons. The predicted octanol–water partition coefficient (Wildman–Crippen LogP) is 7.03. The van der Waals surface area contributed by atoms with E-state index in [1.165, 1.54) is 18.5 Å². The van der Waals surface area contributed by atoms with E-state index in [2.05, 4.69) is 15.0 Å². The van der Waals surface area contributed by atoms with Gasteiger partial charge in [-0.3, -0.25) is 4.79 Å². The SMILES string of the molecule is Cc1cc2ncn(CC(=O)C[C@@H](Cc3cc(F)cc(F)c3)c3ncncc3-c3ccc(Cl)cc3)c2cc1C. The number of aromatic nitrogens is 4. The van der Waals surface area contributed by atoms with E-state index in [1.54, 1.807) is 24.7 Å². The monoisotopic (exact) mass is 530 g/mol.